The van der Waals surface area contributed by atoms with Crippen molar-refractivity contribution in [1.29, 1.82) is 0 Å². The summed E-state index contributed by atoms with van der Waals surface area (Å²) in [6.45, 7) is 2.80. The summed E-state index contributed by atoms with van der Waals surface area (Å²) in [7, 11) is 4.94. The molecule has 2 heterocycles. The second-order valence-electron chi connectivity index (χ2n) is 7.60. The SMILES string of the molecule is COc1ccc(CCN2C(=S)NC3CC2(C)Oc2c(OC)cc(Br)cc23)cc1OC. The van der Waals surface area contributed by atoms with Crippen molar-refractivity contribution in [2.24, 2.45) is 0 Å². The largest absolute Gasteiger partial charge is 0.493 e. The molecule has 2 aromatic carbocycles. The fraction of sp³-hybridized carbons (Fsp3) is 0.409. The number of nitrogens with zero attached hydrogens (tertiary/aromatic N) is 1. The number of hydrogen-bond acceptors (Lipinski definition) is 5. The number of halogens is 1. The molecule has 0 aliphatic carbocycles. The Hall–Kier alpha value is -2.19. The highest BCUT2D eigenvalue weighted by Crippen LogP contribution is 2.49. The molecular formula is C22H25BrN2O4S. The number of fused-ring (bicyclic) bond motifs is 4. The van der Waals surface area contributed by atoms with Gasteiger partial charge in [0.25, 0.3) is 0 Å². The van der Waals surface area contributed by atoms with Crippen LogP contribution in [0.25, 0.3) is 0 Å². The number of nitrogens with one attached hydrogen (secondary N) is 1. The number of rotatable bonds is 6. The highest BCUT2D eigenvalue weighted by molar-refractivity contribution is 9.10. The van der Waals surface area contributed by atoms with Gasteiger partial charge in [-0.25, -0.2) is 0 Å². The zero-order valence-corrected chi connectivity index (χ0v) is 19.9. The lowest BCUT2D eigenvalue weighted by molar-refractivity contribution is -0.0691. The normalized spacial score (nSPS) is 22.0. The van der Waals surface area contributed by atoms with Crippen LogP contribution in [0.4, 0.5) is 0 Å². The number of ether oxygens (including phenoxy) is 4. The Labute approximate surface area is 190 Å². The fourth-order valence-corrected chi connectivity index (χ4v) is 5.09. The highest BCUT2D eigenvalue weighted by Gasteiger charge is 2.48. The Morgan fingerprint density at radius 3 is 2.57 bits per heavy atom. The standard InChI is InChI=1S/C22H25BrN2O4S/c1-22-12-16(15-10-14(23)11-19(28-4)20(15)29-22)24-21(30)25(22)8-7-13-5-6-17(26-2)18(9-13)27-3/h5-6,9-11,16H,7-8,12H2,1-4H3,(H,24,30). The van der Waals surface area contributed by atoms with E-state index in [1.807, 2.05) is 24.3 Å². The first kappa shape index (κ1) is 21.1. The van der Waals surface area contributed by atoms with Crippen LogP contribution in [0.1, 0.15) is 30.5 Å². The van der Waals surface area contributed by atoms with Gasteiger partial charge >= 0.3 is 0 Å². The second-order valence-corrected chi connectivity index (χ2v) is 8.90. The van der Waals surface area contributed by atoms with Gasteiger partial charge in [0.2, 0.25) is 0 Å². The van der Waals surface area contributed by atoms with Crippen LogP contribution >= 0.6 is 28.1 Å². The zero-order chi connectivity index (χ0) is 21.5. The molecule has 1 fully saturated rings. The molecule has 0 spiro atoms. The van der Waals surface area contributed by atoms with Crippen molar-refractivity contribution < 1.29 is 18.9 Å². The van der Waals surface area contributed by atoms with E-state index in [9.17, 15) is 0 Å². The average Bonchev–Trinajstić information content (AvgIpc) is 2.73. The highest BCUT2D eigenvalue weighted by atomic mass is 79.9. The molecule has 2 aliphatic heterocycles. The summed E-state index contributed by atoms with van der Waals surface area (Å²) in [5.74, 6) is 2.92. The topological polar surface area (TPSA) is 52.2 Å². The van der Waals surface area contributed by atoms with Crippen LogP contribution in [-0.2, 0) is 6.42 Å². The summed E-state index contributed by atoms with van der Waals surface area (Å²) in [4.78, 5) is 2.12. The molecule has 8 heteroatoms. The first-order valence-corrected chi connectivity index (χ1v) is 10.9. The molecule has 0 aromatic heterocycles. The lowest BCUT2D eigenvalue weighted by atomic mass is 9.90. The van der Waals surface area contributed by atoms with E-state index in [-0.39, 0.29) is 6.04 Å². The van der Waals surface area contributed by atoms with Gasteiger partial charge in [0.05, 0.1) is 27.4 Å². The molecule has 2 bridgehead atoms. The van der Waals surface area contributed by atoms with Gasteiger partial charge < -0.3 is 29.2 Å². The van der Waals surface area contributed by atoms with Crippen molar-refractivity contribution in [3.63, 3.8) is 0 Å². The second kappa shape index (κ2) is 8.15. The van der Waals surface area contributed by atoms with Crippen molar-refractivity contribution in [2.45, 2.75) is 31.5 Å². The van der Waals surface area contributed by atoms with Gasteiger partial charge in [-0.15, -0.1) is 0 Å². The summed E-state index contributed by atoms with van der Waals surface area (Å²) in [5, 5.41) is 4.18. The van der Waals surface area contributed by atoms with Gasteiger partial charge in [0.1, 0.15) is 0 Å². The van der Waals surface area contributed by atoms with Crippen molar-refractivity contribution >= 4 is 33.3 Å². The maximum absolute atomic E-state index is 6.53. The van der Waals surface area contributed by atoms with E-state index in [0.29, 0.717) is 17.4 Å². The molecule has 160 valence electrons. The van der Waals surface area contributed by atoms with E-state index < -0.39 is 5.72 Å². The molecule has 1 saturated heterocycles. The average molecular weight is 493 g/mol. The maximum Gasteiger partial charge on any atom is 0.184 e. The quantitative estimate of drug-likeness (QED) is 0.597. The lowest BCUT2D eigenvalue weighted by Gasteiger charge is -2.52. The summed E-state index contributed by atoms with van der Waals surface area (Å²) < 4.78 is 23.8. The van der Waals surface area contributed by atoms with Gasteiger partial charge in [0, 0.05) is 23.0 Å². The lowest BCUT2D eigenvalue weighted by Crippen LogP contribution is -2.64. The summed E-state index contributed by atoms with van der Waals surface area (Å²) >= 11 is 9.29. The van der Waals surface area contributed by atoms with E-state index in [2.05, 4.69) is 39.1 Å². The minimum Gasteiger partial charge on any atom is -0.493 e. The van der Waals surface area contributed by atoms with Gasteiger partial charge in [-0.05, 0) is 55.4 Å². The van der Waals surface area contributed by atoms with E-state index in [1.165, 1.54) is 0 Å². The molecular weight excluding hydrogens is 468 g/mol. The van der Waals surface area contributed by atoms with Crippen molar-refractivity contribution in [1.82, 2.24) is 10.2 Å². The molecule has 2 aliphatic rings. The van der Waals surface area contributed by atoms with Gasteiger partial charge in [-0.1, -0.05) is 22.0 Å². The minimum atomic E-state index is -0.558. The first-order valence-electron chi connectivity index (χ1n) is 9.74. The van der Waals surface area contributed by atoms with E-state index >= 15 is 0 Å². The Balaban J connectivity index is 1.59. The third kappa shape index (κ3) is 3.67. The van der Waals surface area contributed by atoms with Crippen LogP contribution in [0.15, 0.2) is 34.8 Å². The maximum atomic E-state index is 6.53. The van der Waals surface area contributed by atoms with Crippen molar-refractivity contribution in [3.05, 3.63) is 45.9 Å². The molecule has 2 unspecified atom stereocenters. The monoisotopic (exact) mass is 492 g/mol. The van der Waals surface area contributed by atoms with Crippen molar-refractivity contribution in [3.8, 4) is 23.0 Å². The van der Waals surface area contributed by atoms with Gasteiger partial charge in [-0.3, -0.25) is 0 Å². The molecule has 30 heavy (non-hydrogen) atoms. The summed E-state index contributed by atoms with van der Waals surface area (Å²) in [5.41, 5.74) is 1.64. The van der Waals surface area contributed by atoms with Crippen LogP contribution in [0.2, 0.25) is 0 Å². The Morgan fingerprint density at radius 2 is 1.87 bits per heavy atom. The Kier molecular flexibility index (Phi) is 5.72. The predicted octanol–water partition coefficient (Wildman–Crippen LogP) is 4.45. The van der Waals surface area contributed by atoms with Crippen LogP contribution in [0.3, 0.4) is 0 Å². The Bertz CT molecular complexity index is 986. The van der Waals surface area contributed by atoms with E-state index in [4.69, 9.17) is 31.2 Å². The van der Waals surface area contributed by atoms with Crippen LogP contribution < -0.4 is 24.3 Å². The van der Waals surface area contributed by atoms with Crippen molar-refractivity contribution in [2.75, 3.05) is 27.9 Å². The Morgan fingerprint density at radius 1 is 1.13 bits per heavy atom. The van der Waals surface area contributed by atoms with Gasteiger partial charge in [0.15, 0.2) is 33.8 Å². The van der Waals surface area contributed by atoms with Crippen LogP contribution in [-0.4, -0.2) is 43.6 Å². The van der Waals surface area contributed by atoms with Crippen LogP contribution in [0, 0.1) is 0 Å². The number of methoxy groups -OCH3 is 3. The van der Waals surface area contributed by atoms with Gasteiger partial charge in [-0.2, -0.15) is 0 Å². The first-order chi connectivity index (χ1) is 14.4. The predicted molar refractivity (Wildman–Crippen MR) is 123 cm³/mol. The molecule has 0 saturated carbocycles. The molecule has 2 atom stereocenters. The summed E-state index contributed by atoms with van der Waals surface area (Å²) in [6, 6.07) is 10.0. The number of thiocarbonyl (C=S) groups is 1. The van der Waals surface area contributed by atoms with E-state index in [1.54, 1.807) is 21.3 Å². The third-order valence-corrected chi connectivity index (χ3v) is 6.53. The smallest absolute Gasteiger partial charge is 0.184 e. The molecule has 6 nitrogen and oxygen atoms in total. The van der Waals surface area contributed by atoms with Crippen LogP contribution in [0.5, 0.6) is 23.0 Å². The third-order valence-electron chi connectivity index (χ3n) is 5.73. The molecule has 0 radical (unpaired) electrons. The van der Waals surface area contributed by atoms with E-state index in [0.717, 1.165) is 45.7 Å². The number of hydrogen-bond donors (Lipinski definition) is 1. The molecule has 4 rings (SSSR count). The summed E-state index contributed by atoms with van der Waals surface area (Å²) in [6.07, 6.45) is 1.57. The molecule has 1 N–H and O–H groups in total. The zero-order valence-electron chi connectivity index (χ0n) is 17.5. The minimum absolute atomic E-state index is 0.0787. The molecule has 0 amide bonds. The fourth-order valence-electron chi connectivity index (χ4n) is 4.21. The number of benzene rings is 2. The molecule has 2 aromatic rings.